The fourth-order valence-electron chi connectivity index (χ4n) is 2.71. The van der Waals surface area contributed by atoms with Crippen molar-refractivity contribution in [3.63, 3.8) is 0 Å². The number of benzene rings is 2. The first-order chi connectivity index (χ1) is 12.2. The van der Waals surface area contributed by atoms with Gasteiger partial charge in [0.2, 0.25) is 4.96 Å². The van der Waals surface area contributed by atoms with Crippen LogP contribution < -0.4 is 14.8 Å². The summed E-state index contributed by atoms with van der Waals surface area (Å²) >= 11 is 1.34. The Balaban J connectivity index is 1.88. The zero-order valence-electron chi connectivity index (χ0n) is 13.8. The van der Waals surface area contributed by atoms with Gasteiger partial charge in [0.05, 0.1) is 11.6 Å². The number of thiazole rings is 1. The van der Waals surface area contributed by atoms with Crippen LogP contribution in [0.25, 0.3) is 22.4 Å². The van der Waals surface area contributed by atoms with Crippen molar-refractivity contribution < 1.29 is 4.74 Å². The summed E-state index contributed by atoms with van der Waals surface area (Å²) in [5.74, 6) is 1.37. The number of hydrogen-bond donors (Lipinski definition) is 0. The molecule has 0 N–H and O–H groups in total. The van der Waals surface area contributed by atoms with Crippen molar-refractivity contribution in [2.45, 2.75) is 6.92 Å². The Bertz CT molecular complexity index is 1160. The number of aryl methyl sites for hydroxylation is 1. The first-order valence-electron chi connectivity index (χ1n) is 7.77. The van der Waals surface area contributed by atoms with Crippen molar-refractivity contribution in [3.8, 4) is 17.1 Å². The number of rotatable bonds is 3. The molecule has 0 aliphatic rings. The molecule has 2 aromatic carbocycles. The van der Waals surface area contributed by atoms with Crippen LogP contribution in [0.3, 0.4) is 0 Å². The molecule has 4 aromatic rings. The van der Waals surface area contributed by atoms with Crippen LogP contribution in [0.5, 0.6) is 5.75 Å². The Morgan fingerprint density at radius 2 is 1.84 bits per heavy atom. The van der Waals surface area contributed by atoms with Crippen molar-refractivity contribution >= 4 is 22.4 Å². The first kappa shape index (κ1) is 15.5. The monoisotopic (exact) mass is 349 g/mol. The molecule has 0 aliphatic heterocycles. The van der Waals surface area contributed by atoms with E-state index in [1.54, 1.807) is 11.5 Å². The van der Waals surface area contributed by atoms with Gasteiger partial charge in [0.1, 0.15) is 5.75 Å². The van der Waals surface area contributed by atoms with E-state index >= 15 is 0 Å². The molecule has 124 valence electrons. The third-order valence-electron chi connectivity index (χ3n) is 4.05. The van der Waals surface area contributed by atoms with E-state index in [1.807, 2.05) is 61.5 Å². The Labute approximate surface area is 147 Å². The Morgan fingerprint density at radius 3 is 2.56 bits per heavy atom. The van der Waals surface area contributed by atoms with Crippen LogP contribution in [0.4, 0.5) is 0 Å². The van der Waals surface area contributed by atoms with Crippen LogP contribution in [0.1, 0.15) is 11.1 Å². The molecule has 0 fully saturated rings. The Morgan fingerprint density at radius 1 is 1.08 bits per heavy atom. The highest BCUT2D eigenvalue weighted by Gasteiger charge is 2.15. The molecule has 25 heavy (non-hydrogen) atoms. The maximum atomic E-state index is 12.9. The minimum Gasteiger partial charge on any atom is -0.497 e. The van der Waals surface area contributed by atoms with Gasteiger partial charge in [-0.3, -0.25) is 4.79 Å². The lowest BCUT2D eigenvalue weighted by Crippen LogP contribution is -2.23. The van der Waals surface area contributed by atoms with Crippen molar-refractivity contribution in [2.24, 2.45) is 0 Å². The maximum absolute atomic E-state index is 12.9. The van der Waals surface area contributed by atoms with Crippen molar-refractivity contribution in [2.75, 3.05) is 7.11 Å². The molecule has 0 atom stereocenters. The molecular formula is C19H15N3O2S. The van der Waals surface area contributed by atoms with Gasteiger partial charge >= 0.3 is 0 Å². The summed E-state index contributed by atoms with van der Waals surface area (Å²) in [6.45, 7) is 2.00. The van der Waals surface area contributed by atoms with Crippen LogP contribution in [0.15, 0.2) is 53.3 Å². The minimum atomic E-state index is -0.0981. The molecule has 5 nitrogen and oxygen atoms in total. The summed E-state index contributed by atoms with van der Waals surface area (Å²) in [7, 11) is 1.63. The fraction of sp³-hybridized carbons (Fsp3) is 0.105. The molecule has 0 amide bonds. The van der Waals surface area contributed by atoms with Crippen LogP contribution in [-0.2, 0) is 0 Å². The van der Waals surface area contributed by atoms with E-state index in [0.717, 1.165) is 22.4 Å². The van der Waals surface area contributed by atoms with Gasteiger partial charge < -0.3 is 4.74 Å². The van der Waals surface area contributed by atoms with E-state index in [1.165, 1.54) is 11.3 Å². The number of ether oxygens (including phenoxy) is 1. The van der Waals surface area contributed by atoms with Gasteiger partial charge in [0.15, 0.2) is 5.82 Å². The molecule has 0 spiro atoms. The zero-order valence-corrected chi connectivity index (χ0v) is 14.6. The first-order valence-corrected chi connectivity index (χ1v) is 8.59. The van der Waals surface area contributed by atoms with Gasteiger partial charge in [-0.2, -0.15) is 0 Å². The molecular weight excluding hydrogens is 334 g/mol. The lowest BCUT2D eigenvalue weighted by Gasteiger charge is -2.01. The van der Waals surface area contributed by atoms with E-state index < -0.39 is 0 Å². The molecule has 4 rings (SSSR count). The highest BCUT2D eigenvalue weighted by molar-refractivity contribution is 7.15. The van der Waals surface area contributed by atoms with Crippen LogP contribution >= 0.6 is 11.3 Å². The second-order valence-corrected chi connectivity index (χ2v) is 6.65. The van der Waals surface area contributed by atoms with Gasteiger partial charge in [-0.1, -0.05) is 47.7 Å². The molecule has 2 heterocycles. The van der Waals surface area contributed by atoms with Crippen LogP contribution in [0, 0.1) is 6.92 Å². The number of hydrogen-bond acceptors (Lipinski definition) is 5. The largest absolute Gasteiger partial charge is 0.497 e. The zero-order chi connectivity index (χ0) is 17.4. The molecule has 0 saturated carbocycles. The van der Waals surface area contributed by atoms with E-state index in [2.05, 4.69) is 10.2 Å². The highest BCUT2D eigenvalue weighted by Crippen LogP contribution is 2.21. The third-order valence-corrected chi connectivity index (χ3v) is 5.01. The summed E-state index contributed by atoms with van der Waals surface area (Å²) in [6.07, 6.45) is 1.86. The SMILES string of the molecule is COc1ccc(C=c2sc3nnc(-c4ccccc4C)n3c2=O)cc1. The maximum Gasteiger partial charge on any atom is 0.276 e. The standard InChI is InChI=1S/C19H15N3O2S/c1-12-5-3-4-6-15(12)17-20-21-19-22(17)18(23)16(25-19)11-13-7-9-14(24-2)10-8-13/h3-11H,1-2H3. The summed E-state index contributed by atoms with van der Waals surface area (Å²) < 4.78 is 7.37. The molecule has 0 saturated heterocycles. The number of methoxy groups -OCH3 is 1. The summed E-state index contributed by atoms with van der Waals surface area (Å²) in [4.78, 5) is 13.5. The quantitative estimate of drug-likeness (QED) is 0.571. The van der Waals surface area contributed by atoms with Gasteiger partial charge in [-0.25, -0.2) is 4.40 Å². The van der Waals surface area contributed by atoms with Crippen LogP contribution in [0.2, 0.25) is 0 Å². The second kappa shape index (κ2) is 6.14. The minimum absolute atomic E-state index is 0.0981. The highest BCUT2D eigenvalue weighted by atomic mass is 32.1. The second-order valence-electron chi connectivity index (χ2n) is 5.65. The summed E-state index contributed by atoms with van der Waals surface area (Å²) in [5.41, 5.74) is 2.82. The van der Waals surface area contributed by atoms with Crippen molar-refractivity contribution in [1.82, 2.24) is 14.6 Å². The molecule has 0 radical (unpaired) electrons. The van der Waals surface area contributed by atoms with Crippen molar-refractivity contribution in [1.29, 1.82) is 0 Å². The molecule has 6 heteroatoms. The topological polar surface area (TPSA) is 56.5 Å². The molecule has 2 aromatic heterocycles. The molecule has 0 aliphatic carbocycles. The number of nitrogens with zero attached hydrogens (tertiary/aromatic N) is 3. The average Bonchev–Trinajstić information content (AvgIpc) is 3.17. The normalized spacial score (nSPS) is 12.0. The van der Waals surface area contributed by atoms with E-state index in [9.17, 15) is 4.79 Å². The predicted molar refractivity (Wildman–Crippen MR) is 99.1 cm³/mol. The average molecular weight is 349 g/mol. The smallest absolute Gasteiger partial charge is 0.276 e. The summed E-state index contributed by atoms with van der Waals surface area (Å²) in [5, 5.41) is 8.39. The van der Waals surface area contributed by atoms with E-state index in [-0.39, 0.29) is 5.56 Å². The Hall–Kier alpha value is -2.99. The van der Waals surface area contributed by atoms with Gasteiger partial charge in [0.25, 0.3) is 5.56 Å². The Kier molecular flexibility index (Phi) is 3.82. The molecule has 0 unspecified atom stereocenters. The number of fused-ring (bicyclic) bond motifs is 1. The van der Waals surface area contributed by atoms with Crippen LogP contribution in [-0.4, -0.2) is 21.7 Å². The predicted octanol–water partition coefficient (Wildman–Crippen LogP) is 2.68. The van der Waals surface area contributed by atoms with Gasteiger partial charge in [-0.05, 0) is 36.3 Å². The fourth-order valence-corrected chi connectivity index (χ4v) is 3.62. The lowest BCUT2D eigenvalue weighted by atomic mass is 10.1. The van der Waals surface area contributed by atoms with E-state index in [4.69, 9.17) is 4.74 Å². The van der Waals surface area contributed by atoms with Crippen molar-refractivity contribution in [3.05, 3.63) is 74.5 Å². The van der Waals surface area contributed by atoms with E-state index in [0.29, 0.717) is 15.3 Å². The lowest BCUT2D eigenvalue weighted by molar-refractivity contribution is 0.415. The van der Waals surface area contributed by atoms with Gasteiger partial charge in [0, 0.05) is 5.56 Å². The third kappa shape index (κ3) is 2.70. The van der Waals surface area contributed by atoms with Gasteiger partial charge in [-0.15, -0.1) is 10.2 Å². The summed E-state index contributed by atoms with van der Waals surface area (Å²) in [6, 6.07) is 15.4. The molecule has 0 bridgehead atoms. The number of aromatic nitrogens is 3.